The molecule has 32 heavy (non-hydrogen) atoms. The third kappa shape index (κ3) is 5.41. The molecule has 0 radical (unpaired) electrons. The molecule has 0 atom stereocenters. The largest absolute Gasteiger partial charge is 0.483 e. The molecular weight excluding hydrogens is 402 g/mol. The second-order valence-electron chi connectivity index (χ2n) is 8.05. The van der Waals surface area contributed by atoms with Gasteiger partial charge in [-0.1, -0.05) is 42.2 Å². The van der Waals surface area contributed by atoms with E-state index in [0.717, 1.165) is 23.5 Å². The van der Waals surface area contributed by atoms with Crippen LogP contribution in [-0.4, -0.2) is 24.7 Å². The molecule has 1 aliphatic heterocycles. The van der Waals surface area contributed by atoms with Crippen LogP contribution < -0.4 is 19.5 Å². The normalized spacial score (nSPS) is 13.2. The number of nitrogens with one attached hydrogen (secondary N) is 1. The molecule has 4 rings (SSSR count). The molecule has 0 spiro atoms. The zero-order valence-corrected chi connectivity index (χ0v) is 18.2. The fourth-order valence-electron chi connectivity index (χ4n) is 3.45. The van der Waals surface area contributed by atoms with Crippen molar-refractivity contribution in [1.29, 1.82) is 0 Å². The van der Waals surface area contributed by atoms with E-state index in [1.165, 1.54) is 0 Å². The van der Waals surface area contributed by atoms with E-state index in [9.17, 15) is 4.79 Å². The average Bonchev–Trinajstić information content (AvgIpc) is 3.12. The van der Waals surface area contributed by atoms with Crippen LogP contribution in [0.1, 0.15) is 29.8 Å². The van der Waals surface area contributed by atoms with Crippen molar-refractivity contribution in [3.8, 4) is 34.8 Å². The maximum atomic E-state index is 12.3. The Morgan fingerprint density at radius 3 is 2.50 bits per heavy atom. The summed E-state index contributed by atoms with van der Waals surface area (Å²) >= 11 is 0. The molecule has 3 aromatic carbocycles. The molecule has 0 bridgehead atoms. The van der Waals surface area contributed by atoms with Crippen LogP contribution in [0.4, 0.5) is 0 Å². The zero-order valence-electron chi connectivity index (χ0n) is 18.2. The highest BCUT2D eigenvalue weighted by Gasteiger charge is 2.32. The molecule has 1 aliphatic rings. The number of benzene rings is 3. The summed E-state index contributed by atoms with van der Waals surface area (Å²) in [6.45, 7) is 4.58. The molecule has 0 saturated heterocycles. The van der Waals surface area contributed by atoms with Crippen LogP contribution in [0.3, 0.4) is 0 Å². The number of carbonyl (C=O) groups is 1. The van der Waals surface area contributed by atoms with Crippen molar-refractivity contribution in [3.05, 3.63) is 83.9 Å². The van der Waals surface area contributed by atoms with Crippen molar-refractivity contribution in [1.82, 2.24) is 5.32 Å². The lowest BCUT2D eigenvalue weighted by molar-refractivity contribution is 0.0958. The van der Waals surface area contributed by atoms with Gasteiger partial charge in [0.25, 0.3) is 5.91 Å². The number of fused-ring (bicyclic) bond motifs is 1. The molecule has 5 nitrogen and oxygen atoms in total. The molecular formula is C27H25NO4. The quantitative estimate of drug-likeness (QED) is 0.562. The van der Waals surface area contributed by atoms with Gasteiger partial charge in [0.2, 0.25) is 0 Å². The Morgan fingerprint density at radius 1 is 0.969 bits per heavy atom. The molecule has 0 aromatic heterocycles. The number of hydrogen-bond donors (Lipinski definition) is 1. The van der Waals surface area contributed by atoms with E-state index in [1.807, 2.05) is 42.5 Å². The summed E-state index contributed by atoms with van der Waals surface area (Å²) in [5.41, 5.74) is 1.47. The van der Waals surface area contributed by atoms with Gasteiger partial charge in [0.1, 0.15) is 23.7 Å². The lowest BCUT2D eigenvalue weighted by Gasteiger charge is -2.17. The van der Waals surface area contributed by atoms with Crippen LogP contribution in [0.5, 0.6) is 23.0 Å². The van der Waals surface area contributed by atoms with Gasteiger partial charge in [-0.15, -0.1) is 0 Å². The number of rotatable bonds is 6. The van der Waals surface area contributed by atoms with Crippen LogP contribution in [-0.2, 0) is 6.42 Å². The summed E-state index contributed by atoms with van der Waals surface area (Å²) in [5.74, 6) is 8.56. The van der Waals surface area contributed by atoms with Crippen LogP contribution in [0.25, 0.3) is 0 Å². The second-order valence-corrected chi connectivity index (χ2v) is 8.05. The van der Waals surface area contributed by atoms with E-state index < -0.39 is 0 Å². The number of amides is 1. The van der Waals surface area contributed by atoms with Crippen molar-refractivity contribution in [2.45, 2.75) is 25.9 Å². The van der Waals surface area contributed by atoms with Crippen molar-refractivity contribution in [2.24, 2.45) is 0 Å². The molecule has 0 unspecified atom stereocenters. The average molecular weight is 428 g/mol. The van der Waals surface area contributed by atoms with Gasteiger partial charge < -0.3 is 19.5 Å². The van der Waals surface area contributed by atoms with Gasteiger partial charge in [-0.2, -0.15) is 0 Å². The first-order valence-electron chi connectivity index (χ1n) is 10.5. The monoisotopic (exact) mass is 427 g/mol. The fourth-order valence-corrected chi connectivity index (χ4v) is 3.45. The van der Waals surface area contributed by atoms with E-state index in [2.05, 4.69) is 37.1 Å². The summed E-state index contributed by atoms with van der Waals surface area (Å²) < 4.78 is 17.5. The van der Waals surface area contributed by atoms with Crippen LogP contribution >= 0.6 is 0 Å². The first-order chi connectivity index (χ1) is 15.5. The molecule has 1 amide bonds. The predicted molar refractivity (Wildman–Crippen MR) is 123 cm³/mol. The minimum absolute atomic E-state index is 0.192. The molecule has 3 aromatic rings. The Balaban J connectivity index is 1.23. The highest BCUT2D eigenvalue weighted by molar-refractivity contribution is 5.94. The summed E-state index contributed by atoms with van der Waals surface area (Å²) in [5, 5.41) is 2.79. The van der Waals surface area contributed by atoms with Crippen LogP contribution in [0.15, 0.2) is 72.8 Å². The summed E-state index contributed by atoms with van der Waals surface area (Å²) in [6, 6.07) is 22.4. The molecule has 162 valence electrons. The SMILES string of the molecule is CC1(C)Cc2cccc(OCC#CCNC(=O)c3ccc(Oc4ccccc4)cc3)c2O1. The lowest BCUT2D eigenvalue weighted by Crippen LogP contribution is -2.24. The number of ether oxygens (including phenoxy) is 3. The molecule has 0 saturated carbocycles. The lowest BCUT2D eigenvalue weighted by atomic mass is 10.0. The fraction of sp³-hybridized carbons (Fsp3) is 0.222. The van der Waals surface area contributed by atoms with Crippen molar-refractivity contribution < 1.29 is 19.0 Å². The molecule has 1 heterocycles. The van der Waals surface area contributed by atoms with Crippen LogP contribution in [0.2, 0.25) is 0 Å². The molecule has 5 heteroatoms. The van der Waals surface area contributed by atoms with Crippen molar-refractivity contribution in [3.63, 3.8) is 0 Å². The summed E-state index contributed by atoms with van der Waals surface area (Å²) in [4.78, 5) is 12.3. The molecule has 1 N–H and O–H groups in total. The minimum Gasteiger partial charge on any atom is -0.483 e. The molecule has 0 fully saturated rings. The Labute approximate surface area is 188 Å². The highest BCUT2D eigenvalue weighted by atomic mass is 16.5. The van der Waals surface area contributed by atoms with Gasteiger partial charge in [0.15, 0.2) is 11.5 Å². The Hall–Kier alpha value is -3.91. The topological polar surface area (TPSA) is 56.8 Å². The smallest absolute Gasteiger partial charge is 0.252 e. The van der Waals surface area contributed by atoms with Crippen LogP contribution in [0, 0.1) is 11.8 Å². The van der Waals surface area contributed by atoms with E-state index in [1.54, 1.807) is 24.3 Å². The summed E-state index contributed by atoms with van der Waals surface area (Å²) in [7, 11) is 0. The van der Waals surface area contributed by atoms with Gasteiger partial charge >= 0.3 is 0 Å². The number of para-hydroxylation sites is 2. The minimum atomic E-state index is -0.219. The zero-order chi connectivity index (χ0) is 22.4. The van der Waals surface area contributed by atoms with Crippen molar-refractivity contribution >= 4 is 5.91 Å². The van der Waals surface area contributed by atoms with E-state index in [0.29, 0.717) is 17.1 Å². The first kappa shape index (κ1) is 21.3. The number of hydrogen-bond acceptors (Lipinski definition) is 4. The maximum absolute atomic E-state index is 12.3. The Morgan fingerprint density at radius 2 is 1.72 bits per heavy atom. The van der Waals surface area contributed by atoms with Gasteiger partial charge in [0, 0.05) is 17.5 Å². The predicted octanol–water partition coefficient (Wildman–Crippen LogP) is 5.00. The van der Waals surface area contributed by atoms with E-state index in [-0.39, 0.29) is 24.7 Å². The van der Waals surface area contributed by atoms with Gasteiger partial charge in [-0.25, -0.2) is 0 Å². The Kier molecular flexibility index (Phi) is 6.32. The standard InChI is InChI=1S/C27H25NO4/c1-27(2)19-21-9-8-12-24(25(21)32-27)30-18-7-6-17-28-26(29)20-13-15-23(16-14-20)31-22-10-4-3-5-11-22/h3-5,8-16H,17-19H2,1-2H3,(H,28,29). The van der Waals surface area contributed by atoms with Gasteiger partial charge in [0.05, 0.1) is 6.54 Å². The van der Waals surface area contributed by atoms with Gasteiger partial charge in [-0.05, 0) is 56.3 Å². The van der Waals surface area contributed by atoms with Gasteiger partial charge in [-0.3, -0.25) is 4.79 Å². The Bertz CT molecular complexity index is 1140. The maximum Gasteiger partial charge on any atom is 0.252 e. The highest BCUT2D eigenvalue weighted by Crippen LogP contribution is 2.41. The van der Waals surface area contributed by atoms with E-state index in [4.69, 9.17) is 14.2 Å². The third-order valence-corrected chi connectivity index (χ3v) is 4.91. The first-order valence-corrected chi connectivity index (χ1v) is 10.5. The third-order valence-electron chi connectivity index (χ3n) is 4.91. The van der Waals surface area contributed by atoms with E-state index >= 15 is 0 Å². The van der Waals surface area contributed by atoms with Crippen molar-refractivity contribution in [2.75, 3.05) is 13.2 Å². The second kappa shape index (κ2) is 9.49. The summed E-state index contributed by atoms with van der Waals surface area (Å²) in [6.07, 6.45) is 0.858. The number of carbonyl (C=O) groups excluding carboxylic acids is 1. The molecule has 0 aliphatic carbocycles.